The summed E-state index contributed by atoms with van der Waals surface area (Å²) >= 11 is 1.70. The van der Waals surface area contributed by atoms with Crippen LogP contribution in [0, 0.1) is 0 Å². The van der Waals surface area contributed by atoms with Gasteiger partial charge in [0.2, 0.25) is 0 Å². The van der Waals surface area contributed by atoms with E-state index in [9.17, 15) is 0 Å². The summed E-state index contributed by atoms with van der Waals surface area (Å²) in [5.41, 5.74) is 5.51. The summed E-state index contributed by atoms with van der Waals surface area (Å²) in [6, 6.07) is 22.8. The normalized spacial score (nSPS) is 11.7. The second-order valence-electron chi connectivity index (χ2n) is 7.26. The molecule has 0 atom stereocenters. The lowest BCUT2D eigenvalue weighted by atomic mass is 9.95. The Kier molecular flexibility index (Phi) is 3.73. The highest BCUT2D eigenvalue weighted by Crippen LogP contribution is 2.49. The van der Waals surface area contributed by atoms with Crippen molar-refractivity contribution in [2.45, 2.75) is 0 Å². The second-order valence-corrected chi connectivity index (χ2v) is 8.26. The minimum atomic E-state index is 0.766. The van der Waals surface area contributed by atoms with Crippen LogP contribution in [0.5, 0.6) is 11.5 Å². The number of nitrogens with one attached hydrogen (secondary N) is 1. The molecule has 3 heterocycles. The Labute approximate surface area is 177 Å². The molecule has 4 aromatic rings. The molecule has 4 nitrogen and oxygen atoms in total. The van der Waals surface area contributed by atoms with Crippen LogP contribution >= 0.6 is 11.3 Å². The molecule has 0 saturated heterocycles. The third-order valence-corrected chi connectivity index (χ3v) is 6.62. The van der Waals surface area contributed by atoms with Gasteiger partial charge in [-0.2, -0.15) is 0 Å². The topological polar surface area (TPSA) is 47.1 Å². The van der Waals surface area contributed by atoms with Crippen molar-refractivity contribution in [1.29, 1.82) is 0 Å². The van der Waals surface area contributed by atoms with Crippen molar-refractivity contribution < 1.29 is 9.47 Å². The van der Waals surface area contributed by atoms with Gasteiger partial charge in [-0.15, -0.1) is 0 Å². The van der Waals surface area contributed by atoms with E-state index in [-0.39, 0.29) is 0 Å². The molecule has 146 valence electrons. The first kappa shape index (κ1) is 17.3. The molecule has 0 spiro atoms. The summed E-state index contributed by atoms with van der Waals surface area (Å²) in [4.78, 5) is 9.65. The summed E-state index contributed by atoms with van der Waals surface area (Å²) in [7, 11) is 3.37. The number of ether oxygens (including phenoxy) is 2. The molecule has 0 unspecified atom stereocenters. The van der Waals surface area contributed by atoms with Gasteiger partial charge in [0.1, 0.15) is 21.3 Å². The molecular formula is C25H18N2O2S. The van der Waals surface area contributed by atoms with Gasteiger partial charge in [-0.25, -0.2) is 4.98 Å². The van der Waals surface area contributed by atoms with Gasteiger partial charge in [-0.1, -0.05) is 47.7 Å². The smallest absolute Gasteiger partial charge is 0.127 e. The number of hydrogen-bond acceptors (Lipinski definition) is 4. The van der Waals surface area contributed by atoms with Gasteiger partial charge in [0.05, 0.1) is 19.7 Å². The maximum absolute atomic E-state index is 5.58. The lowest BCUT2D eigenvalue weighted by molar-refractivity contribution is 0.394. The van der Waals surface area contributed by atoms with Gasteiger partial charge in [0.25, 0.3) is 0 Å². The fourth-order valence-corrected chi connectivity index (χ4v) is 5.41. The number of fused-ring (bicyclic) bond motifs is 6. The molecule has 3 aromatic carbocycles. The first-order valence-electron chi connectivity index (χ1n) is 9.72. The van der Waals surface area contributed by atoms with Crippen LogP contribution < -0.4 is 9.47 Å². The van der Waals surface area contributed by atoms with E-state index in [1.165, 1.54) is 16.3 Å². The number of benzene rings is 3. The zero-order valence-corrected chi connectivity index (χ0v) is 17.3. The van der Waals surface area contributed by atoms with E-state index in [2.05, 4.69) is 59.6 Å². The van der Waals surface area contributed by atoms with Crippen molar-refractivity contribution in [2.75, 3.05) is 14.2 Å². The van der Waals surface area contributed by atoms with E-state index in [0.717, 1.165) is 48.9 Å². The third-order valence-electron chi connectivity index (χ3n) is 5.62. The first-order chi connectivity index (χ1) is 14.8. The minimum Gasteiger partial charge on any atom is -0.497 e. The highest BCUT2D eigenvalue weighted by molar-refractivity contribution is 7.21. The molecular weight excluding hydrogens is 392 g/mol. The van der Waals surface area contributed by atoms with Gasteiger partial charge in [-0.3, -0.25) is 0 Å². The Morgan fingerprint density at radius 1 is 0.800 bits per heavy atom. The van der Waals surface area contributed by atoms with Crippen molar-refractivity contribution in [2.24, 2.45) is 0 Å². The van der Waals surface area contributed by atoms with Gasteiger partial charge in [0.15, 0.2) is 0 Å². The predicted octanol–water partition coefficient (Wildman–Crippen LogP) is 6.72. The monoisotopic (exact) mass is 410 g/mol. The Bertz CT molecular complexity index is 1500. The number of rotatable bonds is 3. The van der Waals surface area contributed by atoms with Gasteiger partial charge >= 0.3 is 0 Å². The number of methoxy groups -OCH3 is 2. The zero-order valence-electron chi connectivity index (χ0n) is 16.5. The van der Waals surface area contributed by atoms with E-state index in [0.29, 0.717) is 0 Å². The van der Waals surface area contributed by atoms with E-state index in [4.69, 9.17) is 14.5 Å². The molecule has 5 heteroatoms. The van der Waals surface area contributed by atoms with Gasteiger partial charge in [0, 0.05) is 38.9 Å². The molecule has 6 rings (SSSR count). The Morgan fingerprint density at radius 3 is 2.27 bits per heavy atom. The van der Waals surface area contributed by atoms with E-state index >= 15 is 0 Å². The largest absolute Gasteiger partial charge is 0.497 e. The quantitative estimate of drug-likeness (QED) is 0.352. The summed E-state index contributed by atoms with van der Waals surface area (Å²) in [5, 5.41) is 4.59. The van der Waals surface area contributed by atoms with E-state index < -0.39 is 0 Å². The molecule has 0 radical (unpaired) electrons. The molecule has 0 saturated carbocycles. The molecule has 1 aromatic heterocycles. The number of aromatic nitrogens is 2. The van der Waals surface area contributed by atoms with Crippen LogP contribution in [-0.4, -0.2) is 24.2 Å². The van der Waals surface area contributed by atoms with E-state index in [1.54, 1.807) is 25.6 Å². The molecule has 0 aliphatic carbocycles. The number of aromatic amines is 1. The van der Waals surface area contributed by atoms with Gasteiger partial charge < -0.3 is 14.5 Å². The maximum atomic E-state index is 5.58. The molecule has 2 aliphatic rings. The van der Waals surface area contributed by atoms with Crippen molar-refractivity contribution >= 4 is 43.4 Å². The SMILES string of the molecule is COc1cc(OC)cc(-c2c3c4ccccc4nc-3sc3[nH]c4ccccc4c23)c1. The Balaban J connectivity index is 1.86. The van der Waals surface area contributed by atoms with E-state index in [1.807, 2.05) is 12.1 Å². The third kappa shape index (κ3) is 2.42. The molecule has 0 amide bonds. The highest BCUT2D eigenvalue weighted by Gasteiger charge is 2.24. The summed E-state index contributed by atoms with van der Waals surface area (Å²) in [6.07, 6.45) is 0. The summed E-state index contributed by atoms with van der Waals surface area (Å²) < 4.78 is 11.2. The summed E-state index contributed by atoms with van der Waals surface area (Å²) in [5.74, 6) is 1.53. The van der Waals surface area contributed by atoms with Crippen LogP contribution in [0.2, 0.25) is 0 Å². The number of H-pyrrole nitrogens is 1. The van der Waals surface area contributed by atoms with Crippen LogP contribution in [0.25, 0.3) is 53.7 Å². The van der Waals surface area contributed by atoms with Crippen molar-refractivity contribution in [3.05, 3.63) is 66.7 Å². The molecule has 30 heavy (non-hydrogen) atoms. The maximum Gasteiger partial charge on any atom is 0.127 e. The Hall–Kier alpha value is -3.57. The van der Waals surface area contributed by atoms with Gasteiger partial charge in [-0.05, 0) is 29.8 Å². The number of hydrogen-bond donors (Lipinski definition) is 1. The molecule has 2 aliphatic heterocycles. The lowest BCUT2D eigenvalue weighted by Crippen LogP contribution is -1.91. The average Bonchev–Trinajstić information content (AvgIpc) is 3.34. The molecule has 1 N–H and O–H groups in total. The molecule has 0 fully saturated rings. The fourth-order valence-electron chi connectivity index (χ4n) is 4.28. The zero-order chi connectivity index (χ0) is 20.2. The number of nitrogens with zero attached hydrogens (tertiary/aromatic N) is 1. The lowest BCUT2D eigenvalue weighted by Gasteiger charge is -2.14. The second kappa shape index (κ2) is 6.47. The fraction of sp³-hybridized carbons (Fsp3) is 0.0800. The number of para-hydroxylation sites is 2. The van der Waals surface area contributed by atoms with Crippen molar-refractivity contribution in [3.8, 4) is 33.2 Å². The van der Waals surface area contributed by atoms with Crippen LogP contribution in [0.3, 0.4) is 0 Å². The van der Waals surface area contributed by atoms with Crippen LogP contribution in [0.4, 0.5) is 0 Å². The van der Waals surface area contributed by atoms with Crippen molar-refractivity contribution in [1.82, 2.24) is 9.97 Å². The average molecular weight is 410 g/mol. The highest BCUT2D eigenvalue weighted by atomic mass is 32.1. The van der Waals surface area contributed by atoms with Crippen molar-refractivity contribution in [3.63, 3.8) is 0 Å². The van der Waals surface area contributed by atoms with Crippen LogP contribution in [0.15, 0.2) is 66.7 Å². The Morgan fingerprint density at radius 2 is 1.50 bits per heavy atom. The van der Waals surface area contributed by atoms with Crippen LogP contribution in [0.1, 0.15) is 0 Å². The van der Waals surface area contributed by atoms with Crippen LogP contribution in [-0.2, 0) is 0 Å². The standard InChI is InChI=1S/C25H18N2O2S/c1-28-15-11-14(12-16(13-15)29-2)21-22-17-7-3-5-9-19(17)26-24(22)30-25-23(21)18-8-4-6-10-20(18)27-25/h3-13,26H,1-2H3. The first-order valence-corrected chi connectivity index (χ1v) is 10.5. The molecule has 0 bridgehead atoms. The predicted molar refractivity (Wildman–Crippen MR) is 124 cm³/mol. The summed E-state index contributed by atoms with van der Waals surface area (Å²) in [6.45, 7) is 0. The minimum absolute atomic E-state index is 0.766.